The number of nitrogens with zero attached hydrogens (tertiary/aromatic N) is 4. The number of benzene rings is 2. The summed E-state index contributed by atoms with van der Waals surface area (Å²) in [5.41, 5.74) is 4.33. The average Bonchev–Trinajstić information content (AvgIpc) is 3.33. The number of allylic oxidation sites excluding steroid dienone is 1. The monoisotopic (exact) mass is 558 g/mol. The fourth-order valence-corrected chi connectivity index (χ4v) is 5.10. The van der Waals surface area contributed by atoms with E-state index in [-0.39, 0.29) is 10.6 Å². The Balaban J connectivity index is 1.22. The Bertz CT molecular complexity index is 1520. The molecule has 3 N–H and O–H groups in total. The van der Waals surface area contributed by atoms with Crippen LogP contribution in [-0.2, 0) is 16.4 Å². The van der Waals surface area contributed by atoms with Gasteiger partial charge < -0.3 is 19.9 Å². The Kier molecular flexibility index (Phi) is 6.95. The molecule has 0 radical (unpaired) electrons. The van der Waals surface area contributed by atoms with Crippen LogP contribution in [0.25, 0.3) is 11.6 Å². The van der Waals surface area contributed by atoms with Crippen LogP contribution in [0.15, 0.2) is 72.2 Å². The maximum absolute atomic E-state index is 12.4. The molecule has 0 unspecified atom stereocenters. The summed E-state index contributed by atoms with van der Waals surface area (Å²) in [5, 5.41) is 8.34. The molecule has 204 valence electrons. The van der Waals surface area contributed by atoms with Gasteiger partial charge in [-0.1, -0.05) is 18.7 Å². The number of ether oxygens (including phenoxy) is 1. The normalized spacial score (nSPS) is 15.5. The molecule has 3 aromatic rings. The maximum Gasteiger partial charge on any atom is 0.573 e. The lowest BCUT2D eigenvalue weighted by atomic mass is 10.1. The molecule has 1 aliphatic heterocycles. The minimum atomic E-state index is -4.74. The molecule has 1 saturated heterocycles. The molecule has 13 heteroatoms. The number of rotatable bonds is 7. The van der Waals surface area contributed by atoms with Gasteiger partial charge in [0.05, 0.1) is 16.4 Å². The number of hydrogen-bond donors (Lipinski definition) is 2. The van der Waals surface area contributed by atoms with Crippen LogP contribution in [0.3, 0.4) is 0 Å². The second-order valence-electron chi connectivity index (χ2n) is 9.09. The van der Waals surface area contributed by atoms with Crippen molar-refractivity contribution in [2.45, 2.75) is 17.7 Å². The molecule has 2 heterocycles. The summed E-state index contributed by atoms with van der Waals surface area (Å²) in [7, 11) is -3.76. The summed E-state index contributed by atoms with van der Waals surface area (Å²) in [4.78, 5) is 13.3. The largest absolute Gasteiger partial charge is 0.573 e. The van der Waals surface area contributed by atoms with E-state index in [2.05, 4.69) is 36.4 Å². The van der Waals surface area contributed by atoms with Crippen molar-refractivity contribution in [3.8, 4) is 5.75 Å². The van der Waals surface area contributed by atoms with E-state index in [0.29, 0.717) is 44.1 Å². The zero-order valence-electron chi connectivity index (χ0n) is 20.6. The van der Waals surface area contributed by atoms with E-state index in [1.807, 2.05) is 6.08 Å². The summed E-state index contributed by atoms with van der Waals surface area (Å²) in [5.74, 6) is 1.18. The number of nitrogens with one attached hydrogen (secondary N) is 1. The molecule has 2 aliphatic rings. The number of aromatic nitrogens is 2. The number of sulfonamides is 1. The summed E-state index contributed by atoms with van der Waals surface area (Å²) in [6, 6.07) is 11.9. The van der Waals surface area contributed by atoms with Crippen LogP contribution in [0, 0.1) is 0 Å². The van der Waals surface area contributed by atoms with E-state index >= 15 is 0 Å². The van der Waals surface area contributed by atoms with Gasteiger partial charge in [-0.05, 0) is 53.6 Å². The van der Waals surface area contributed by atoms with Gasteiger partial charge >= 0.3 is 6.36 Å². The second-order valence-corrected chi connectivity index (χ2v) is 10.7. The molecule has 0 bridgehead atoms. The van der Waals surface area contributed by atoms with Gasteiger partial charge in [-0.3, -0.25) is 0 Å². The maximum atomic E-state index is 12.4. The first kappa shape index (κ1) is 26.5. The predicted octanol–water partition coefficient (Wildman–Crippen LogP) is 3.82. The third kappa shape index (κ3) is 6.15. The predicted molar refractivity (Wildman–Crippen MR) is 141 cm³/mol. The molecular weight excluding hydrogens is 533 g/mol. The van der Waals surface area contributed by atoms with Gasteiger partial charge in [-0.15, -0.1) is 13.2 Å². The summed E-state index contributed by atoms with van der Waals surface area (Å²) < 4.78 is 64.1. The minimum Gasteiger partial charge on any atom is -0.406 e. The summed E-state index contributed by atoms with van der Waals surface area (Å²) in [6.07, 6.45) is -0.544. The summed E-state index contributed by atoms with van der Waals surface area (Å²) in [6.45, 7) is 6.75. The topological polar surface area (TPSA) is 114 Å². The van der Waals surface area contributed by atoms with Crippen molar-refractivity contribution in [3.63, 3.8) is 0 Å². The molecule has 0 saturated carbocycles. The van der Waals surface area contributed by atoms with Crippen molar-refractivity contribution in [2.75, 3.05) is 36.4 Å². The van der Waals surface area contributed by atoms with E-state index in [0.717, 1.165) is 28.2 Å². The minimum absolute atomic E-state index is 0.0595. The fourth-order valence-electron chi connectivity index (χ4n) is 4.59. The number of alkyl halides is 3. The SMILES string of the molecule is C=C(Nc1ccc(OC(F)(F)F)cc1)N1CCN(c2ncnc3c2C=C(c2ccc(S(N)(=O)=O)cc2)C3)CC1. The van der Waals surface area contributed by atoms with Crippen LogP contribution in [0.5, 0.6) is 5.75 Å². The Labute approximate surface area is 223 Å². The van der Waals surface area contributed by atoms with Gasteiger partial charge in [-0.25, -0.2) is 23.5 Å². The van der Waals surface area contributed by atoms with Crippen LogP contribution in [0.1, 0.15) is 16.8 Å². The zero-order valence-corrected chi connectivity index (χ0v) is 21.5. The third-order valence-corrected chi connectivity index (χ3v) is 7.44. The quantitative estimate of drug-likeness (QED) is 0.450. The molecule has 1 aliphatic carbocycles. The Hall–Kier alpha value is -4.10. The van der Waals surface area contributed by atoms with Gasteiger partial charge in [0.15, 0.2) is 0 Å². The van der Waals surface area contributed by atoms with Gasteiger partial charge in [0, 0.05) is 43.9 Å². The zero-order chi connectivity index (χ0) is 27.8. The average molecular weight is 559 g/mol. The number of piperazine rings is 1. The molecule has 1 aromatic heterocycles. The Morgan fingerprint density at radius 3 is 2.28 bits per heavy atom. The summed E-state index contributed by atoms with van der Waals surface area (Å²) >= 11 is 0. The van der Waals surface area contributed by atoms with Crippen molar-refractivity contribution in [2.24, 2.45) is 5.14 Å². The number of fused-ring (bicyclic) bond motifs is 1. The van der Waals surface area contributed by atoms with E-state index in [1.54, 1.807) is 18.5 Å². The molecule has 39 heavy (non-hydrogen) atoms. The van der Waals surface area contributed by atoms with Crippen LogP contribution >= 0.6 is 0 Å². The first-order valence-electron chi connectivity index (χ1n) is 12.0. The number of anilines is 2. The first-order valence-corrected chi connectivity index (χ1v) is 13.5. The van der Waals surface area contributed by atoms with Gasteiger partial charge in [0.1, 0.15) is 17.9 Å². The highest BCUT2D eigenvalue weighted by atomic mass is 32.2. The highest BCUT2D eigenvalue weighted by Crippen LogP contribution is 2.35. The van der Waals surface area contributed by atoms with Gasteiger partial charge in [0.25, 0.3) is 0 Å². The van der Waals surface area contributed by atoms with Gasteiger partial charge in [0.2, 0.25) is 10.0 Å². The van der Waals surface area contributed by atoms with Crippen molar-refractivity contribution in [1.29, 1.82) is 0 Å². The van der Waals surface area contributed by atoms with E-state index < -0.39 is 16.4 Å². The molecule has 5 rings (SSSR count). The van der Waals surface area contributed by atoms with Crippen LogP contribution in [0.2, 0.25) is 0 Å². The molecule has 0 spiro atoms. The van der Waals surface area contributed by atoms with Crippen molar-refractivity contribution < 1.29 is 26.3 Å². The van der Waals surface area contributed by atoms with Crippen LogP contribution in [-0.4, -0.2) is 55.8 Å². The van der Waals surface area contributed by atoms with Crippen LogP contribution in [0.4, 0.5) is 24.7 Å². The lowest BCUT2D eigenvalue weighted by Gasteiger charge is -2.38. The van der Waals surface area contributed by atoms with Crippen molar-refractivity contribution in [1.82, 2.24) is 14.9 Å². The molecule has 1 fully saturated rings. The molecule has 0 atom stereocenters. The number of hydrogen-bond acceptors (Lipinski definition) is 8. The van der Waals surface area contributed by atoms with Crippen LogP contribution < -0.4 is 20.1 Å². The molecule has 9 nitrogen and oxygen atoms in total. The second kappa shape index (κ2) is 10.2. The number of primary sulfonamides is 1. The molecule has 0 amide bonds. The van der Waals surface area contributed by atoms with Crippen molar-refractivity contribution >= 4 is 33.2 Å². The number of halogens is 3. The van der Waals surface area contributed by atoms with Crippen molar-refractivity contribution in [3.05, 3.63) is 84.1 Å². The van der Waals surface area contributed by atoms with Gasteiger partial charge in [-0.2, -0.15) is 0 Å². The highest BCUT2D eigenvalue weighted by molar-refractivity contribution is 7.89. The van der Waals surface area contributed by atoms with E-state index in [1.165, 1.54) is 36.4 Å². The number of nitrogens with two attached hydrogens (primary N) is 1. The smallest absolute Gasteiger partial charge is 0.406 e. The highest BCUT2D eigenvalue weighted by Gasteiger charge is 2.31. The Morgan fingerprint density at radius 1 is 1.00 bits per heavy atom. The molecular formula is C26H25F3N6O3S. The standard InChI is InChI=1S/C26H25F3N6O3S/c1-17(33-20-4-6-21(7-5-20)38-26(27,28)29)34-10-12-35(13-11-34)25-23-14-19(15-24(23)31-16-32-25)18-2-8-22(9-3-18)39(30,36)37/h2-9,14,16,33H,1,10-13,15H2,(H2,30,36,37). The van der Waals surface area contributed by atoms with E-state index in [4.69, 9.17) is 5.14 Å². The van der Waals surface area contributed by atoms with E-state index in [9.17, 15) is 21.6 Å². The first-order chi connectivity index (χ1) is 18.5. The lowest BCUT2D eigenvalue weighted by molar-refractivity contribution is -0.274. The third-order valence-electron chi connectivity index (χ3n) is 6.51. The Morgan fingerprint density at radius 2 is 1.67 bits per heavy atom. The fraction of sp³-hybridized carbons (Fsp3) is 0.231. The molecule has 2 aromatic carbocycles. The lowest BCUT2D eigenvalue weighted by Crippen LogP contribution is -2.47.